The van der Waals surface area contributed by atoms with Crippen molar-refractivity contribution in [1.29, 1.82) is 0 Å². The Kier molecular flexibility index (Phi) is 7.28. The van der Waals surface area contributed by atoms with Gasteiger partial charge in [0.05, 0.1) is 23.7 Å². The zero-order valence-corrected chi connectivity index (χ0v) is 25.6. The molecular formula is C33H24ClN3O5S2. The van der Waals surface area contributed by atoms with E-state index in [2.05, 4.69) is 5.32 Å². The first-order valence-corrected chi connectivity index (χ1v) is 15.9. The van der Waals surface area contributed by atoms with Gasteiger partial charge in [-0.15, -0.1) is 0 Å². The van der Waals surface area contributed by atoms with Crippen LogP contribution in [0.5, 0.6) is 5.75 Å². The van der Waals surface area contributed by atoms with Crippen LogP contribution in [0, 0.1) is 5.92 Å². The van der Waals surface area contributed by atoms with E-state index in [-0.39, 0.29) is 29.1 Å². The van der Waals surface area contributed by atoms with Crippen LogP contribution in [0.1, 0.15) is 16.4 Å². The van der Waals surface area contributed by atoms with Crippen molar-refractivity contribution < 1.29 is 19.1 Å². The molecule has 8 nitrogen and oxygen atoms in total. The quantitative estimate of drug-likeness (QED) is 0.223. The maximum atomic E-state index is 14.0. The van der Waals surface area contributed by atoms with Crippen molar-refractivity contribution in [1.82, 2.24) is 4.57 Å². The Morgan fingerprint density at radius 1 is 0.909 bits per heavy atom. The number of benzene rings is 4. The molecule has 0 aliphatic carbocycles. The maximum Gasteiger partial charge on any atom is 0.308 e. The van der Waals surface area contributed by atoms with E-state index in [4.69, 9.17) is 16.3 Å². The van der Waals surface area contributed by atoms with Crippen LogP contribution >= 0.6 is 34.7 Å². The first kappa shape index (κ1) is 28.4. The number of halogens is 1. The number of ether oxygens (including phenoxy) is 1. The van der Waals surface area contributed by atoms with Gasteiger partial charge < -0.3 is 10.1 Å². The van der Waals surface area contributed by atoms with Crippen LogP contribution < -0.4 is 19.8 Å². The number of amides is 3. The second-order valence-corrected chi connectivity index (χ2v) is 13.1. The molecule has 7 rings (SSSR count). The highest BCUT2D eigenvalue weighted by atomic mass is 35.5. The molecule has 0 unspecified atom stereocenters. The SMILES string of the molecule is COc1ccc([C@@H]2c3sc(=O)n(CC(=O)Nc4cccc5ccccc45)c3S[C@H]3C(=O)N(c4ccc(Cl)cc4)C(=O)[C@@H]23)cc1. The lowest BCUT2D eigenvalue weighted by Gasteiger charge is -2.30. The van der Waals surface area contributed by atoms with Crippen LogP contribution in [0.2, 0.25) is 5.02 Å². The maximum absolute atomic E-state index is 14.0. The van der Waals surface area contributed by atoms with Gasteiger partial charge in [-0.05, 0) is 53.4 Å². The molecule has 0 radical (unpaired) electrons. The lowest BCUT2D eigenvalue weighted by molar-refractivity contribution is -0.122. The number of nitrogens with one attached hydrogen (secondary N) is 1. The second-order valence-electron chi connectivity index (χ2n) is 10.5. The zero-order chi connectivity index (χ0) is 30.5. The molecule has 220 valence electrons. The molecule has 4 aromatic carbocycles. The lowest BCUT2D eigenvalue weighted by Crippen LogP contribution is -2.33. The minimum absolute atomic E-state index is 0.239. The molecule has 11 heteroatoms. The van der Waals surface area contributed by atoms with Gasteiger partial charge in [0.2, 0.25) is 17.7 Å². The first-order valence-electron chi connectivity index (χ1n) is 13.8. The number of methoxy groups -OCH3 is 1. The van der Waals surface area contributed by atoms with Crippen LogP contribution in [0.25, 0.3) is 10.8 Å². The Bertz CT molecular complexity index is 2000. The number of rotatable bonds is 6. The summed E-state index contributed by atoms with van der Waals surface area (Å²) in [5.41, 5.74) is 1.85. The average Bonchev–Trinajstić information content (AvgIpc) is 3.48. The highest BCUT2D eigenvalue weighted by Crippen LogP contribution is 2.54. The summed E-state index contributed by atoms with van der Waals surface area (Å²) in [6.45, 7) is -0.239. The van der Waals surface area contributed by atoms with Crippen molar-refractivity contribution in [2.45, 2.75) is 22.7 Å². The van der Waals surface area contributed by atoms with E-state index in [9.17, 15) is 19.2 Å². The van der Waals surface area contributed by atoms with E-state index in [0.29, 0.717) is 32.1 Å². The van der Waals surface area contributed by atoms with Gasteiger partial charge >= 0.3 is 4.87 Å². The van der Waals surface area contributed by atoms with Gasteiger partial charge in [0.15, 0.2) is 0 Å². The van der Waals surface area contributed by atoms with Crippen LogP contribution in [0.4, 0.5) is 11.4 Å². The molecule has 1 N–H and O–H groups in total. The average molecular weight is 642 g/mol. The predicted molar refractivity (Wildman–Crippen MR) is 173 cm³/mol. The van der Waals surface area contributed by atoms with Gasteiger partial charge in [-0.2, -0.15) is 0 Å². The van der Waals surface area contributed by atoms with Crippen molar-refractivity contribution >= 4 is 74.6 Å². The molecule has 2 aliphatic rings. The predicted octanol–water partition coefficient (Wildman–Crippen LogP) is 6.16. The fourth-order valence-electron chi connectivity index (χ4n) is 5.94. The van der Waals surface area contributed by atoms with E-state index in [1.54, 1.807) is 43.5 Å². The number of thioether (sulfide) groups is 1. The van der Waals surface area contributed by atoms with E-state index in [1.165, 1.54) is 21.2 Å². The Morgan fingerprint density at radius 2 is 1.64 bits per heavy atom. The molecule has 0 saturated carbocycles. The molecule has 5 aromatic rings. The van der Waals surface area contributed by atoms with Crippen molar-refractivity contribution in [3.05, 3.63) is 116 Å². The number of anilines is 2. The molecule has 3 atom stereocenters. The molecule has 3 amide bonds. The summed E-state index contributed by atoms with van der Waals surface area (Å²) >= 11 is 8.26. The van der Waals surface area contributed by atoms with Crippen LogP contribution in [0.3, 0.4) is 0 Å². The fourth-order valence-corrected chi connectivity index (χ4v) is 8.84. The Morgan fingerprint density at radius 3 is 2.39 bits per heavy atom. The number of hydrogen-bond acceptors (Lipinski definition) is 7. The third kappa shape index (κ3) is 4.79. The molecule has 1 fully saturated rings. The number of carbonyl (C=O) groups is 3. The summed E-state index contributed by atoms with van der Waals surface area (Å²) in [6.07, 6.45) is 0. The smallest absolute Gasteiger partial charge is 0.308 e. The van der Waals surface area contributed by atoms with Crippen LogP contribution in [-0.2, 0) is 20.9 Å². The number of hydrogen-bond donors (Lipinski definition) is 1. The number of nitrogens with zero attached hydrogens (tertiary/aromatic N) is 2. The first-order chi connectivity index (χ1) is 21.3. The summed E-state index contributed by atoms with van der Waals surface area (Å²) in [4.78, 5) is 56.3. The van der Waals surface area contributed by atoms with Gasteiger partial charge in [0.25, 0.3) is 0 Å². The summed E-state index contributed by atoms with van der Waals surface area (Å²) in [5, 5.41) is 5.04. The molecule has 44 heavy (non-hydrogen) atoms. The monoisotopic (exact) mass is 641 g/mol. The van der Waals surface area contributed by atoms with Gasteiger partial charge in [0.1, 0.15) is 17.5 Å². The number of fused-ring (bicyclic) bond motifs is 3. The molecule has 1 aromatic heterocycles. The fraction of sp³-hybridized carbons (Fsp3) is 0.152. The topological polar surface area (TPSA) is 97.7 Å². The number of imide groups is 1. The van der Waals surface area contributed by atoms with Gasteiger partial charge in [-0.3, -0.25) is 23.7 Å². The minimum Gasteiger partial charge on any atom is -0.497 e. The van der Waals surface area contributed by atoms with Crippen LogP contribution in [0.15, 0.2) is 101 Å². The summed E-state index contributed by atoms with van der Waals surface area (Å²) in [7, 11) is 1.57. The second kappa shape index (κ2) is 11.3. The Hall–Kier alpha value is -4.38. The Labute approximate surface area is 265 Å². The zero-order valence-electron chi connectivity index (χ0n) is 23.2. The largest absolute Gasteiger partial charge is 0.497 e. The summed E-state index contributed by atoms with van der Waals surface area (Å²) in [6, 6.07) is 27.2. The van der Waals surface area contributed by atoms with Gasteiger partial charge in [-0.25, -0.2) is 4.90 Å². The molecule has 1 saturated heterocycles. The summed E-state index contributed by atoms with van der Waals surface area (Å²) in [5.74, 6) is -1.77. The van der Waals surface area contributed by atoms with Crippen molar-refractivity contribution in [2.75, 3.05) is 17.3 Å². The molecular weight excluding hydrogens is 618 g/mol. The molecule has 0 bridgehead atoms. The normalized spacial score (nSPS) is 19.1. The van der Waals surface area contributed by atoms with Crippen molar-refractivity contribution in [2.24, 2.45) is 5.92 Å². The summed E-state index contributed by atoms with van der Waals surface area (Å²) < 4.78 is 6.76. The highest BCUT2D eigenvalue weighted by Gasteiger charge is 2.56. The van der Waals surface area contributed by atoms with Crippen LogP contribution in [-0.4, -0.2) is 34.6 Å². The van der Waals surface area contributed by atoms with E-state index < -0.39 is 17.1 Å². The number of aromatic nitrogens is 1. The van der Waals surface area contributed by atoms with Crippen molar-refractivity contribution in [3.63, 3.8) is 0 Å². The van der Waals surface area contributed by atoms with Gasteiger partial charge in [-0.1, -0.05) is 83.2 Å². The van der Waals surface area contributed by atoms with E-state index in [1.807, 2.05) is 54.6 Å². The molecule has 2 aliphatic heterocycles. The van der Waals surface area contributed by atoms with Gasteiger partial charge in [0, 0.05) is 26.9 Å². The standard InChI is InChI=1S/C33H24ClN3O5S2/c1-42-22-15-9-19(10-16-22)26-27-28(31(40)37(30(27)39)21-13-11-20(34)12-14-21)43-32-29(26)44-33(41)36(32)17-25(38)35-24-8-4-6-18-5-2-3-7-23(18)24/h2-16,26-28H,17H2,1H3,(H,35,38)/t26-,27-,28+/m0/s1. The highest BCUT2D eigenvalue weighted by molar-refractivity contribution is 8.00. The van der Waals surface area contributed by atoms with E-state index >= 15 is 0 Å². The van der Waals surface area contributed by atoms with E-state index in [0.717, 1.165) is 27.7 Å². The lowest BCUT2D eigenvalue weighted by atomic mass is 9.83. The minimum atomic E-state index is -0.792. The Balaban J connectivity index is 1.28. The third-order valence-corrected chi connectivity index (χ3v) is 10.8. The molecule has 3 heterocycles. The number of thiazole rings is 1. The molecule has 0 spiro atoms. The third-order valence-electron chi connectivity index (χ3n) is 7.97. The number of carbonyl (C=O) groups excluding carboxylic acids is 3. The van der Waals surface area contributed by atoms with Crippen molar-refractivity contribution in [3.8, 4) is 5.75 Å².